The fourth-order valence-electron chi connectivity index (χ4n) is 2.57. The lowest BCUT2D eigenvalue weighted by atomic mass is 10.1. The van der Waals surface area contributed by atoms with E-state index in [4.69, 9.17) is 11.6 Å². The van der Waals surface area contributed by atoms with E-state index in [2.05, 4.69) is 15.6 Å². The summed E-state index contributed by atoms with van der Waals surface area (Å²) in [5.41, 5.74) is 3.14. The van der Waals surface area contributed by atoms with Crippen molar-refractivity contribution in [1.82, 2.24) is 10.3 Å². The number of rotatable bonds is 7. The molecule has 0 aliphatic rings. The highest BCUT2D eigenvalue weighted by Crippen LogP contribution is 2.17. The predicted octanol–water partition coefficient (Wildman–Crippen LogP) is 4.46. The fourth-order valence-corrected chi connectivity index (χ4v) is 2.78. The summed E-state index contributed by atoms with van der Waals surface area (Å²) in [6, 6.07) is 15.6. The van der Waals surface area contributed by atoms with Crippen LogP contribution in [0.3, 0.4) is 0 Å². The standard InChI is InChI=1S/C21H19ClFN3O/c22-20-4-2-1-3-16(20)13-26-19-11-17(12-24-14-19)21(27)25-10-9-15-5-7-18(23)8-6-15/h1-8,11-12,14,26H,9-10,13H2,(H,25,27). The maximum atomic E-state index is 12.9. The van der Waals surface area contributed by atoms with Gasteiger partial charge in [0.2, 0.25) is 0 Å². The van der Waals surface area contributed by atoms with Gasteiger partial charge in [-0.25, -0.2) is 4.39 Å². The lowest BCUT2D eigenvalue weighted by Gasteiger charge is -2.10. The topological polar surface area (TPSA) is 54.0 Å². The number of pyridine rings is 1. The summed E-state index contributed by atoms with van der Waals surface area (Å²) in [6.07, 6.45) is 3.81. The molecule has 0 fully saturated rings. The van der Waals surface area contributed by atoms with Crippen LogP contribution in [0.4, 0.5) is 10.1 Å². The third kappa shape index (κ3) is 5.53. The second-order valence-electron chi connectivity index (χ2n) is 6.04. The number of hydrogen-bond donors (Lipinski definition) is 2. The zero-order valence-corrected chi connectivity index (χ0v) is 15.3. The third-order valence-corrected chi connectivity index (χ3v) is 4.42. The number of amides is 1. The van der Waals surface area contributed by atoms with Gasteiger partial charge in [-0.2, -0.15) is 0 Å². The largest absolute Gasteiger partial charge is 0.380 e. The van der Waals surface area contributed by atoms with E-state index in [1.54, 1.807) is 24.4 Å². The number of carbonyl (C=O) groups excluding carboxylic acids is 1. The maximum Gasteiger partial charge on any atom is 0.252 e. The summed E-state index contributed by atoms with van der Waals surface area (Å²) >= 11 is 6.15. The Labute approximate surface area is 162 Å². The quantitative estimate of drug-likeness (QED) is 0.633. The molecule has 0 saturated carbocycles. The molecule has 0 aliphatic carbocycles. The molecule has 3 rings (SSSR count). The van der Waals surface area contributed by atoms with Gasteiger partial charge in [0, 0.05) is 30.5 Å². The number of nitrogens with one attached hydrogen (secondary N) is 2. The molecule has 0 spiro atoms. The Morgan fingerprint density at radius 1 is 1.07 bits per heavy atom. The number of aromatic nitrogens is 1. The number of anilines is 1. The summed E-state index contributed by atoms with van der Waals surface area (Å²) in [4.78, 5) is 16.4. The Kier molecular flexibility index (Phi) is 6.39. The molecule has 0 radical (unpaired) electrons. The first kappa shape index (κ1) is 18.9. The minimum atomic E-state index is -0.269. The minimum absolute atomic E-state index is 0.203. The van der Waals surface area contributed by atoms with Crippen LogP contribution in [0.2, 0.25) is 5.02 Å². The first-order valence-electron chi connectivity index (χ1n) is 8.57. The van der Waals surface area contributed by atoms with Gasteiger partial charge in [0.15, 0.2) is 0 Å². The molecular formula is C21H19ClFN3O. The molecule has 4 nitrogen and oxygen atoms in total. The third-order valence-electron chi connectivity index (χ3n) is 4.05. The minimum Gasteiger partial charge on any atom is -0.380 e. The molecule has 1 amide bonds. The Morgan fingerprint density at radius 2 is 1.85 bits per heavy atom. The SMILES string of the molecule is O=C(NCCc1ccc(F)cc1)c1cncc(NCc2ccccc2Cl)c1. The van der Waals surface area contributed by atoms with Crippen LogP contribution in [0.5, 0.6) is 0 Å². The van der Waals surface area contributed by atoms with E-state index in [-0.39, 0.29) is 11.7 Å². The summed E-state index contributed by atoms with van der Waals surface area (Å²) in [5, 5.41) is 6.76. The van der Waals surface area contributed by atoms with Gasteiger partial charge in [-0.05, 0) is 41.8 Å². The van der Waals surface area contributed by atoms with E-state index in [1.165, 1.54) is 18.3 Å². The van der Waals surface area contributed by atoms with Crippen molar-refractivity contribution in [2.24, 2.45) is 0 Å². The van der Waals surface area contributed by atoms with Crippen LogP contribution in [-0.2, 0) is 13.0 Å². The molecule has 3 aromatic rings. The van der Waals surface area contributed by atoms with Crippen LogP contribution in [0, 0.1) is 5.82 Å². The highest BCUT2D eigenvalue weighted by Gasteiger charge is 2.07. The highest BCUT2D eigenvalue weighted by molar-refractivity contribution is 6.31. The van der Waals surface area contributed by atoms with Gasteiger partial charge in [0.1, 0.15) is 5.82 Å². The molecule has 0 bridgehead atoms. The molecule has 1 heterocycles. The summed E-state index contributed by atoms with van der Waals surface area (Å²) in [5.74, 6) is -0.471. The highest BCUT2D eigenvalue weighted by atomic mass is 35.5. The lowest BCUT2D eigenvalue weighted by molar-refractivity contribution is 0.0954. The lowest BCUT2D eigenvalue weighted by Crippen LogP contribution is -2.25. The zero-order chi connectivity index (χ0) is 19.1. The first-order chi connectivity index (χ1) is 13.1. The van der Waals surface area contributed by atoms with E-state index in [0.717, 1.165) is 16.8 Å². The number of benzene rings is 2. The van der Waals surface area contributed by atoms with Gasteiger partial charge >= 0.3 is 0 Å². The molecule has 2 N–H and O–H groups in total. The number of nitrogens with zero attached hydrogens (tertiary/aromatic N) is 1. The van der Waals surface area contributed by atoms with Crippen LogP contribution in [-0.4, -0.2) is 17.4 Å². The Bertz CT molecular complexity index is 915. The van der Waals surface area contributed by atoms with Crippen molar-refractivity contribution >= 4 is 23.2 Å². The van der Waals surface area contributed by atoms with Crippen LogP contribution in [0.25, 0.3) is 0 Å². The van der Waals surface area contributed by atoms with Crippen molar-refractivity contribution < 1.29 is 9.18 Å². The van der Waals surface area contributed by atoms with E-state index >= 15 is 0 Å². The molecule has 0 atom stereocenters. The van der Waals surface area contributed by atoms with E-state index < -0.39 is 0 Å². The Morgan fingerprint density at radius 3 is 2.63 bits per heavy atom. The molecule has 138 valence electrons. The normalized spacial score (nSPS) is 10.4. The Hall–Kier alpha value is -2.92. The van der Waals surface area contributed by atoms with E-state index in [9.17, 15) is 9.18 Å². The van der Waals surface area contributed by atoms with Gasteiger partial charge in [-0.15, -0.1) is 0 Å². The molecule has 0 saturated heterocycles. The molecular weight excluding hydrogens is 365 g/mol. The summed E-state index contributed by atoms with van der Waals surface area (Å²) < 4.78 is 12.9. The van der Waals surface area contributed by atoms with E-state index in [0.29, 0.717) is 30.1 Å². The van der Waals surface area contributed by atoms with Crippen molar-refractivity contribution in [3.8, 4) is 0 Å². The van der Waals surface area contributed by atoms with Crippen molar-refractivity contribution in [2.75, 3.05) is 11.9 Å². The molecule has 2 aromatic carbocycles. The van der Waals surface area contributed by atoms with Gasteiger partial charge in [-0.1, -0.05) is 41.9 Å². The van der Waals surface area contributed by atoms with Crippen molar-refractivity contribution in [1.29, 1.82) is 0 Å². The number of hydrogen-bond acceptors (Lipinski definition) is 3. The summed E-state index contributed by atoms with van der Waals surface area (Å²) in [6.45, 7) is 0.999. The average molecular weight is 384 g/mol. The van der Waals surface area contributed by atoms with Crippen LogP contribution in [0.1, 0.15) is 21.5 Å². The van der Waals surface area contributed by atoms with Gasteiger partial charge in [-0.3, -0.25) is 9.78 Å². The smallest absolute Gasteiger partial charge is 0.252 e. The summed E-state index contributed by atoms with van der Waals surface area (Å²) in [7, 11) is 0. The second-order valence-corrected chi connectivity index (χ2v) is 6.45. The van der Waals surface area contributed by atoms with Crippen LogP contribution < -0.4 is 10.6 Å². The Balaban J connectivity index is 1.53. The number of halogens is 2. The fraction of sp³-hybridized carbons (Fsp3) is 0.143. The van der Waals surface area contributed by atoms with Gasteiger partial charge in [0.25, 0.3) is 5.91 Å². The van der Waals surface area contributed by atoms with Gasteiger partial charge in [0.05, 0.1) is 11.3 Å². The maximum absolute atomic E-state index is 12.9. The average Bonchev–Trinajstić information content (AvgIpc) is 2.69. The first-order valence-corrected chi connectivity index (χ1v) is 8.94. The second kappa shape index (κ2) is 9.14. The van der Waals surface area contributed by atoms with Crippen molar-refractivity contribution in [3.05, 3.63) is 94.5 Å². The van der Waals surface area contributed by atoms with Gasteiger partial charge < -0.3 is 10.6 Å². The molecule has 27 heavy (non-hydrogen) atoms. The predicted molar refractivity (Wildman–Crippen MR) is 105 cm³/mol. The van der Waals surface area contributed by atoms with Crippen molar-refractivity contribution in [3.63, 3.8) is 0 Å². The number of carbonyl (C=O) groups is 1. The molecule has 0 aliphatic heterocycles. The molecule has 6 heteroatoms. The molecule has 1 aromatic heterocycles. The van der Waals surface area contributed by atoms with Crippen molar-refractivity contribution in [2.45, 2.75) is 13.0 Å². The van der Waals surface area contributed by atoms with E-state index in [1.807, 2.05) is 24.3 Å². The van der Waals surface area contributed by atoms with Crippen LogP contribution in [0.15, 0.2) is 67.0 Å². The monoisotopic (exact) mass is 383 g/mol. The van der Waals surface area contributed by atoms with Crippen LogP contribution >= 0.6 is 11.6 Å². The molecule has 0 unspecified atom stereocenters. The zero-order valence-electron chi connectivity index (χ0n) is 14.6.